The average molecular weight is 308 g/mol. The van der Waals surface area contributed by atoms with Crippen LogP contribution in [0.1, 0.15) is 37.3 Å². The van der Waals surface area contributed by atoms with Gasteiger partial charge in [-0.2, -0.15) is 0 Å². The third kappa shape index (κ3) is 3.71. The third-order valence-corrected chi connectivity index (χ3v) is 3.76. The Balaban J connectivity index is 2.26. The SMILES string of the molecule is CCCc1c(OCCCO)ccc2c1OC(C(=O)OC)CC2. The molecule has 0 amide bonds. The molecule has 0 radical (unpaired) electrons. The van der Waals surface area contributed by atoms with Crippen LogP contribution >= 0.6 is 0 Å². The number of hydrogen-bond acceptors (Lipinski definition) is 5. The van der Waals surface area contributed by atoms with Gasteiger partial charge in [0.1, 0.15) is 11.5 Å². The first-order valence-corrected chi connectivity index (χ1v) is 7.84. The Morgan fingerprint density at radius 1 is 1.45 bits per heavy atom. The largest absolute Gasteiger partial charge is 0.493 e. The van der Waals surface area contributed by atoms with Gasteiger partial charge in [-0.15, -0.1) is 0 Å². The number of aliphatic hydroxyl groups excluding tert-OH is 1. The zero-order valence-electron chi connectivity index (χ0n) is 13.3. The molecule has 0 aromatic heterocycles. The third-order valence-electron chi connectivity index (χ3n) is 3.76. The van der Waals surface area contributed by atoms with E-state index in [0.29, 0.717) is 19.4 Å². The molecule has 1 aromatic rings. The molecule has 0 fully saturated rings. The van der Waals surface area contributed by atoms with Gasteiger partial charge in [0.05, 0.1) is 13.7 Å². The van der Waals surface area contributed by atoms with Crippen molar-refractivity contribution in [3.05, 3.63) is 23.3 Å². The lowest BCUT2D eigenvalue weighted by Crippen LogP contribution is -2.32. The van der Waals surface area contributed by atoms with Crippen LogP contribution < -0.4 is 9.47 Å². The Labute approximate surface area is 131 Å². The molecule has 2 rings (SSSR count). The van der Waals surface area contributed by atoms with Crippen LogP contribution in [0.15, 0.2) is 12.1 Å². The van der Waals surface area contributed by atoms with Crippen LogP contribution in [0.4, 0.5) is 0 Å². The fourth-order valence-electron chi connectivity index (χ4n) is 2.66. The number of carbonyl (C=O) groups excluding carboxylic acids is 1. The summed E-state index contributed by atoms with van der Waals surface area (Å²) in [5, 5.41) is 8.88. The molecule has 5 nitrogen and oxygen atoms in total. The van der Waals surface area contributed by atoms with Crippen molar-refractivity contribution in [2.24, 2.45) is 0 Å². The number of ether oxygens (including phenoxy) is 3. The van der Waals surface area contributed by atoms with Gasteiger partial charge in [-0.25, -0.2) is 4.79 Å². The summed E-state index contributed by atoms with van der Waals surface area (Å²) in [5.41, 5.74) is 2.12. The van der Waals surface area contributed by atoms with Gasteiger partial charge in [0.25, 0.3) is 0 Å². The predicted molar refractivity (Wildman–Crippen MR) is 82.4 cm³/mol. The van der Waals surface area contributed by atoms with Gasteiger partial charge < -0.3 is 19.3 Å². The van der Waals surface area contributed by atoms with Crippen LogP contribution in [0.2, 0.25) is 0 Å². The Morgan fingerprint density at radius 2 is 2.27 bits per heavy atom. The zero-order valence-corrected chi connectivity index (χ0v) is 13.3. The molecular formula is C17H24O5. The van der Waals surface area contributed by atoms with E-state index in [9.17, 15) is 4.79 Å². The minimum Gasteiger partial charge on any atom is -0.493 e. The van der Waals surface area contributed by atoms with Gasteiger partial charge >= 0.3 is 5.97 Å². The fourth-order valence-corrected chi connectivity index (χ4v) is 2.66. The standard InChI is InChI=1S/C17H24O5/c1-3-5-13-14(21-11-4-10-18)8-6-12-7-9-15(17(19)20-2)22-16(12)13/h6,8,15,18H,3-5,7,9-11H2,1-2H3. The lowest BCUT2D eigenvalue weighted by atomic mass is 9.96. The average Bonchev–Trinajstić information content (AvgIpc) is 2.55. The second-order valence-corrected chi connectivity index (χ2v) is 5.37. The molecule has 122 valence electrons. The van der Waals surface area contributed by atoms with Crippen LogP contribution in [0, 0.1) is 0 Å². The zero-order chi connectivity index (χ0) is 15.9. The molecule has 5 heteroatoms. The van der Waals surface area contributed by atoms with Crippen molar-refractivity contribution >= 4 is 5.97 Å². The molecule has 0 spiro atoms. The van der Waals surface area contributed by atoms with E-state index in [-0.39, 0.29) is 12.6 Å². The highest BCUT2D eigenvalue weighted by atomic mass is 16.6. The van der Waals surface area contributed by atoms with Crippen LogP contribution in [-0.2, 0) is 22.4 Å². The monoisotopic (exact) mass is 308 g/mol. The van der Waals surface area contributed by atoms with E-state index in [1.807, 2.05) is 12.1 Å². The van der Waals surface area contributed by atoms with E-state index >= 15 is 0 Å². The minimum absolute atomic E-state index is 0.106. The van der Waals surface area contributed by atoms with Crippen molar-refractivity contribution in [1.82, 2.24) is 0 Å². The quantitative estimate of drug-likeness (QED) is 0.618. The fraction of sp³-hybridized carbons (Fsp3) is 0.588. The van der Waals surface area contributed by atoms with Crippen LogP contribution in [0.25, 0.3) is 0 Å². The summed E-state index contributed by atoms with van der Waals surface area (Å²) in [5.74, 6) is 1.21. The van der Waals surface area contributed by atoms with E-state index in [2.05, 4.69) is 6.92 Å². The van der Waals surface area contributed by atoms with Crippen molar-refractivity contribution in [3.8, 4) is 11.5 Å². The number of aryl methyl sites for hydroxylation is 1. The van der Waals surface area contributed by atoms with Gasteiger partial charge in [-0.1, -0.05) is 19.4 Å². The van der Waals surface area contributed by atoms with Crippen LogP contribution in [-0.4, -0.2) is 37.5 Å². The maximum Gasteiger partial charge on any atom is 0.347 e. The summed E-state index contributed by atoms with van der Waals surface area (Å²) < 4.78 is 16.5. The van der Waals surface area contributed by atoms with Gasteiger partial charge in [-0.3, -0.25) is 0 Å². The highest BCUT2D eigenvalue weighted by molar-refractivity contribution is 5.75. The number of esters is 1. The summed E-state index contributed by atoms with van der Waals surface area (Å²) in [4.78, 5) is 11.7. The number of carbonyl (C=O) groups is 1. The molecule has 1 N–H and O–H groups in total. The second-order valence-electron chi connectivity index (χ2n) is 5.37. The first-order chi connectivity index (χ1) is 10.7. The molecule has 1 heterocycles. The Hall–Kier alpha value is -1.75. The topological polar surface area (TPSA) is 65.0 Å². The number of rotatable bonds is 7. The smallest absolute Gasteiger partial charge is 0.347 e. The Morgan fingerprint density at radius 3 is 2.95 bits per heavy atom. The molecule has 1 unspecified atom stereocenters. The number of hydrogen-bond donors (Lipinski definition) is 1. The number of aliphatic hydroxyl groups is 1. The maximum absolute atomic E-state index is 11.7. The van der Waals surface area contributed by atoms with Crippen LogP contribution in [0.5, 0.6) is 11.5 Å². The molecule has 0 aliphatic carbocycles. The summed E-state index contributed by atoms with van der Waals surface area (Å²) in [7, 11) is 1.38. The number of benzene rings is 1. The molecule has 0 saturated carbocycles. The van der Waals surface area contributed by atoms with E-state index in [1.165, 1.54) is 7.11 Å². The minimum atomic E-state index is -0.541. The molecule has 1 aliphatic rings. The van der Waals surface area contributed by atoms with Gasteiger partial charge in [0.2, 0.25) is 0 Å². The van der Waals surface area contributed by atoms with E-state index in [4.69, 9.17) is 19.3 Å². The van der Waals surface area contributed by atoms with E-state index < -0.39 is 6.10 Å². The lowest BCUT2D eigenvalue weighted by molar-refractivity contribution is -0.149. The molecule has 0 bridgehead atoms. The highest BCUT2D eigenvalue weighted by Crippen LogP contribution is 2.38. The van der Waals surface area contributed by atoms with Crippen molar-refractivity contribution in [3.63, 3.8) is 0 Å². The molecule has 1 aromatic carbocycles. The van der Waals surface area contributed by atoms with Gasteiger partial charge in [0.15, 0.2) is 6.10 Å². The highest BCUT2D eigenvalue weighted by Gasteiger charge is 2.29. The summed E-state index contributed by atoms with van der Waals surface area (Å²) >= 11 is 0. The maximum atomic E-state index is 11.7. The normalized spacial score (nSPS) is 16.6. The van der Waals surface area contributed by atoms with Crippen molar-refractivity contribution in [2.75, 3.05) is 20.3 Å². The van der Waals surface area contributed by atoms with Gasteiger partial charge in [-0.05, 0) is 30.9 Å². The van der Waals surface area contributed by atoms with Crippen molar-refractivity contribution in [1.29, 1.82) is 0 Å². The van der Waals surface area contributed by atoms with E-state index in [1.54, 1.807) is 0 Å². The predicted octanol–water partition coefficient (Wildman–Crippen LogP) is 2.27. The van der Waals surface area contributed by atoms with E-state index in [0.717, 1.165) is 41.9 Å². The summed E-state index contributed by atoms with van der Waals surface area (Å²) in [6.45, 7) is 2.67. The summed E-state index contributed by atoms with van der Waals surface area (Å²) in [6, 6.07) is 3.96. The van der Waals surface area contributed by atoms with Crippen molar-refractivity contribution < 1.29 is 24.1 Å². The van der Waals surface area contributed by atoms with Crippen molar-refractivity contribution in [2.45, 2.75) is 45.1 Å². The second kappa shape index (κ2) is 8.03. The number of methoxy groups -OCH3 is 1. The Kier molecular flexibility index (Phi) is 6.07. The van der Waals surface area contributed by atoms with Gasteiger partial charge in [0, 0.05) is 18.6 Å². The number of fused-ring (bicyclic) bond motifs is 1. The molecular weight excluding hydrogens is 284 g/mol. The molecule has 22 heavy (non-hydrogen) atoms. The molecule has 1 atom stereocenters. The first kappa shape index (κ1) is 16.6. The Bertz CT molecular complexity index is 512. The first-order valence-electron chi connectivity index (χ1n) is 7.84. The van der Waals surface area contributed by atoms with Crippen LogP contribution in [0.3, 0.4) is 0 Å². The summed E-state index contributed by atoms with van der Waals surface area (Å²) in [6.07, 6.45) is 3.26. The molecule has 1 aliphatic heterocycles. The lowest BCUT2D eigenvalue weighted by Gasteiger charge is -2.27. The molecule has 0 saturated heterocycles.